The summed E-state index contributed by atoms with van der Waals surface area (Å²) in [5.74, 6) is -1.27. The third-order valence-corrected chi connectivity index (χ3v) is 0.120. The molecule has 0 saturated heterocycles. The van der Waals surface area contributed by atoms with Crippen LogP contribution >= 0.6 is 0 Å². The predicted octanol–water partition coefficient (Wildman–Crippen LogP) is -0.463. The molecule has 0 aliphatic rings. The van der Waals surface area contributed by atoms with Crippen molar-refractivity contribution in [2.24, 2.45) is 5.73 Å². The van der Waals surface area contributed by atoms with Gasteiger partial charge >= 0.3 is 0 Å². The maximum atomic E-state index is 9.00. The van der Waals surface area contributed by atoms with Gasteiger partial charge in [-0.1, -0.05) is 0 Å². The van der Waals surface area contributed by atoms with Crippen LogP contribution in [0.25, 0.3) is 0 Å². The summed E-state index contributed by atoms with van der Waals surface area (Å²) in [7, 11) is 0. The second kappa shape index (κ2) is 6.43. The fraction of sp³-hybridized carbons (Fsp3) is 0.250. The zero-order chi connectivity index (χ0) is 7.86. The molecule has 0 bridgehead atoms. The minimum Gasteiger partial charge on any atom is -0.481 e. The predicted molar refractivity (Wildman–Crippen MR) is 30.8 cm³/mol. The standard InChI is InChI=1S/C2H3N3.C2H4O2/c3-1-2(4)5;1-2(3)4/h(H3,4,5);1H3,(H,3,4). The van der Waals surface area contributed by atoms with Crippen LogP contribution in [0.4, 0.5) is 0 Å². The highest BCUT2D eigenvalue weighted by Gasteiger charge is 1.68. The fourth-order valence-corrected chi connectivity index (χ4v) is 0. The highest BCUT2D eigenvalue weighted by Crippen LogP contribution is 1.42. The number of carbonyl (C=O) groups is 1. The van der Waals surface area contributed by atoms with E-state index in [4.69, 9.17) is 20.6 Å². The van der Waals surface area contributed by atoms with E-state index in [9.17, 15) is 0 Å². The van der Waals surface area contributed by atoms with Crippen LogP contribution in [0, 0.1) is 16.7 Å². The number of nitrogens with two attached hydrogens (primary N) is 1. The number of nitrogens with one attached hydrogen (secondary N) is 1. The van der Waals surface area contributed by atoms with Gasteiger partial charge in [0.05, 0.1) is 0 Å². The maximum Gasteiger partial charge on any atom is 0.300 e. The monoisotopic (exact) mass is 129 g/mol. The van der Waals surface area contributed by atoms with Crippen LogP contribution < -0.4 is 5.73 Å². The summed E-state index contributed by atoms with van der Waals surface area (Å²) in [6.07, 6.45) is 0. The molecule has 50 valence electrons. The SMILES string of the molecule is CC(=O)O.N#CC(=N)N. The lowest BCUT2D eigenvalue weighted by molar-refractivity contribution is -0.134. The first-order valence-electron chi connectivity index (χ1n) is 1.94. The van der Waals surface area contributed by atoms with E-state index in [1.54, 1.807) is 0 Å². The Balaban J connectivity index is 0. The van der Waals surface area contributed by atoms with Gasteiger partial charge in [-0.05, 0) is 0 Å². The zero-order valence-electron chi connectivity index (χ0n) is 4.88. The van der Waals surface area contributed by atoms with Gasteiger partial charge in [-0.15, -0.1) is 0 Å². The minimum atomic E-state index is -0.833. The van der Waals surface area contributed by atoms with Crippen LogP contribution in [-0.4, -0.2) is 16.9 Å². The van der Waals surface area contributed by atoms with Crippen molar-refractivity contribution in [2.45, 2.75) is 6.92 Å². The van der Waals surface area contributed by atoms with Crippen LogP contribution in [-0.2, 0) is 4.79 Å². The van der Waals surface area contributed by atoms with E-state index in [1.165, 1.54) is 6.07 Å². The number of carboxylic acids is 1. The number of rotatable bonds is 0. The topological polar surface area (TPSA) is 111 Å². The van der Waals surface area contributed by atoms with Gasteiger partial charge in [0.25, 0.3) is 5.97 Å². The Morgan fingerprint density at radius 2 is 2.00 bits per heavy atom. The largest absolute Gasteiger partial charge is 0.481 e. The first-order chi connectivity index (χ1) is 4.00. The second-order valence-corrected chi connectivity index (χ2v) is 1.04. The van der Waals surface area contributed by atoms with Crippen molar-refractivity contribution in [1.29, 1.82) is 10.7 Å². The van der Waals surface area contributed by atoms with E-state index >= 15 is 0 Å². The third-order valence-electron chi connectivity index (χ3n) is 0.120. The van der Waals surface area contributed by atoms with Crippen LogP contribution in [0.5, 0.6) is 0 Å². The molecule has 0 aromatic carbocycles. The molecule has 0 saturated carbocycles. The number of nitrogens with zero attached hydrogens (tertiary/aromatic N) is 1. The Labute approximate surface area is 52.2 Å². The molecule has 0 fully saturated rings. The first-order valence-corrected chi connectivity index (χ1v) is 1.94. The molecule has 0 aliphatic carbocycles. The second-order valence-electron chi connectivity index (χ2n) is 1.04. The summed E-state index contributed by atoms with van der Waals surface area (Å²) in [4.78, 5) is 9.00. The molecule has 0 rings (SSSR count). The summed E-state index contributed by atoms with van der Waals surface area (Å²) < 4.78 is 0. The van der Waals surface area contributed by atoms with Gasteiger partial charge in [0.1, 0.15) is 6.07 Å². The molecule has 0 aromatic rings. The molecule has 0 aliphatic heterocycles. The lowest BCUT2D eigenvalue weighted by atomic mass is 10.7. The summed E-state index contributed by atoms with van der Waals surface area (Å²) in [6.45, 7) is 1.08. The quantitative estimate of drug-likeness (QED) is 0.303. The van der Waals surface area contributed by atoms with Crippen LogP contribution in [0.1, 0.15) is 6.92 Å². The molecule has 0 unspecified atom stereocenters. The van der Waals surface area contributed by atoms with E-state index in [0.29, 0.717) is 0 Å². The van der Waals surface area contributed by atoms with Crippen molar-refractivity contribution in [3.63, 3.8) is 0 Å². The summed E-state index contributed by atoms with van der Waals surface area (Å²) in [5.41, 5.74) is 4.51. The maximum absolute atomic E-state index is 9.00. The molecular weight excluding hydrogens is 122 g/mol. The minimum absolute atomic E-state index is 0.440. The highest BCUT2D eigenvalue weighted by atomic mass is 16.4. The molecule has 0 heterocycles. The van der Waals surface area contributed by atoms with Gasteiger partial charge < -0.3 is 10.8 Å². The fourth-order valence-electron chi connectivity index (χ4n) is 0. The van der Waals surface area contributed by atoms with Gasteiger partial charge in [-0.2, -0.15) is 5.26 Å². The van der Waals surface area contributed by atoms with Gasteiger partial charge in [-0.3, -0.25) is 10.2 Å². The molecule has 4 N–H and O–H groups in total. The Kier molecular flexibility index (Phi) is 7.44. The smallest absolute Gasteiger partial charge is 0.300 e. The average molecular weight is 129 g/mol. The van der Waals surface area contributed by atoms with E-state index in [2.05, 4.69) is 5.73 Å². The van der Waals surface area contributed by atoms with Crippen molar-refractivity contribution >= 4 is 11.8 Å². The molecule has 0 atom stereocenters. The first kappa shape index (κ1) is 10.4. The molecule has 9 heavy (non-hydrogen) atoms. The van der Waals surface area contributed by atoms with Gasteiger partial charge in [0, 0.05) is 6.92 Å². The number of nitriles is 1. The van der Waals surface area contributed by atoms with Gasteiger partial charge in [0.2, 0.25) is 0 Å². The van der Waals surface area contributed by atoms with Crippen molar-refractivity contribution < 1.29 is 9.90 Å². The number of hydrogen-bond donors (Lipinski definition) is 3. The summed E-state index contributed by atoms with van der Waals surface area (Å²) in [6, 6.07) is 1.39. The Morgan fingerprint density at radius 3 is 2.00 bits per heavy atom. The van der Waals surface area contributed by atoms with E-state index in [0.717, 1.165) is 6.92 Å². The molecule has 0 aromatic heterocycles. The van der Waals surface area contributed by atoms with Crippen LogP contribution in [0.2, 0.25) is 0 Å². The third kappa shape index (κ3) is 682. The lowest BCUT2D eigenvalue weighted by Gasteiger charge is -1.63. The number of carboxylic acid groups (broad SMARTS) is 1. The number of aliphatic carboxylic acids is 1. The van der Waals surface area contributed by atoms with Crippen molar-refractivity contribution in [2.75, 3.05) is 0 Å². The van der Waals surface area contributed by atoms with Crippen molar-refractivity contribution in [3.8, 4) is 6.07 Å². The Hall–Kier alpha value is -1.57. The van der Waals surface area contributed by atoms with E-state index < -0.39 is 11.8 Å². The van der Waals surface area contributed by atoms with Crippen LogP contribution in [0.15, 0.2) is 0 Å². The lowest BCUT2D eigenvalue weighted by Crippen LogP contribution is -2.03. The average Bonchev–Trinajstić information content (AvgIpc) is 1.65. The summed E-state index contributed by atoms with van der Waals surface area (Å²) in [5, 5.41) is 21.1. The number of amidine groups is 1. The Morgan fingerprint density at radius 1 is 1.89 bits per heavy atom. The van der Waals surface area contributed by atoms with E-state index in [1.807, 2.05) is 0 Å². The van der Waals surface area contributed by atoms with Gasteiger partial charge in [-0.25, -0.2) is 0 Å². The molecule has 5 nitrogen and oxygen atoms in total. The van der Waals surface area contributed by atoms with Crippen molar-refractivity contribution in [1.82, 2.24) is 0 Å². The van der Waals surface area contributed by atoms with E-state index in [-0.39, 0.29) is 0 Å². The molecular formula is C4H7N3O2. The van der Waals surface area contributed by atoms with Gasteiger partial charge in [0.15, 0.2) is 5.84 Å². The molecule has 0 spiro atoms. The zero-order valence-corrected chi connectivity index (χ0v) is 4.88. The van der Waals surface area contributed by atoms with Crippen LogP contribution in [0.3, 0.4) is 0 Å². The molecule has 5 heteroatoms. The van der Waals surface area contributed by atoms with Crippen molar-refractivity contribution in [3.05, 3.63) is 0 Å². The highest BCUT2D eigenvalue weighted by molar-refractivity contribution is 5.92. The summed E-state index contributed by atoms with van der Waals surface area (Å²) >= 11 is 0. The molecule has 0 amide bonds. The normalized spacial score (nSPS) is 5.78. The number of hydrogen-bond acceptors (Lipinski definition) is 3. The molecule has 0 radical (unpaired) electrons. The Bertz CT molecular complexity index is 142.